The number of ether oxygens (including phenoxy) is 1. The molecular weight excluding hydrogens is 198 g/mol. The van der Waals surface area contributed by atoms with Crippen molar-refractivity contribution in [2.45, 2.75) is 13.0 Å². The first-order valence-corrected chi connectivity index (χ1v) is 4.98. The van der Waals surface area contributed by atoms with Gasteiger partial charge in [0, 0.05) is 20.1 Å². The molecule has 0 aliphatic carbocycles. The quantitative estimate of drug-likeness (QED) is 0.669. The van der Waals surface area contributed by atoms with Crippen LogP contribution in [0, 0.1) is 0 Å². The van der Waals surface area contributed by atoms with E-state index in [4.69, 9.17) is 10.5 Å². The van der Waals surface area contributed by atoms with Crippen molar-refractivity contribution in [2.75, 3.05) is 33.2 Å². The van der Waals surface area contributed by atoms with Crippen LogP contribution in [0.3, 0.4) is 0 Å². The van der Waals surface area contributed by atoms with Crippen molar-refractivity contribution in [3.63, 3.8) is 0 Å². The zero-order chi connectivity index (χ0) is 11.4. The summed E-state index contributed by atoms with van der Waals surface area (Å²) >= 11 is 0. The number of carbonyl (C=O) groups is 2. The highest BCUT2D eigenvalue weighted by molar-refractivity contribution is 5.82. The Morgan fingerprint density at radius 1 is 1.73 bits per heavy atom. The minimum absolute atomic E-state index is 0.0691. The van der Waals surface area contributed by atoms with Gasteiger partial charge in [0.1, 0.15) is 12.6 Å². The largest absolute Gasteiger partial charge is 0.443 e. The van der Waals surface area contributed by atoms with Crippen LogP contribution in [0.25, 0.3) is 0 Å². The number of likely N-dealkylation sites (N-methyl/N-ethyl adjacent to an activating group) is 1. The monoisotopic (exact) mass is 215 g/mol. The van der Waals surface area contributed by atoms with Crippen LogP contribution in [0.15, 0.2) is 0 Å². The Labute approximate surface area is 88.9 Å². The third-order valence-corrected chi connectivity index (χ3v) is 2.44. The van der Waals surface area contributed by atoms with Gasteiger partial charge in [-0.2, -0.15) is 0 Å². The molecule has 0 saturated carbocycles. The van der Waals surface area contributed by atoms with Crippen molar-refractivity contribution in [1.29, 1.82) is 0 Å². The highest BCUT2D eigenvalue weighted by Gasteiger charge is 2.31. The van der Waals surface area contributed by atoms with E-state index in [1.54, 1.807) is 11.9 Å². The van der Waals surface area contributed by atoms with Gasteiger partial charge >= 0.3 is 6.09 Å². The second-order valence-electron chi connectivity index (χ2n) is 3.53. The summed E-state index contributed by atoms with van der Waals surface area (Å²) in [5.41, 5.74) is 5.38. The molecule has 0 radical (unpaired) electrons. The minimum Gasteiger partial charge on any atom is -0.443 e. The van der Waals surface area contributed by atoms with E-state index in [1.165, 1.54) is 4.90 Å². The molecule has 6 nitrogen and oxygen atoms in total. The van der Waals surface area contributed by atoms with Crippen molar-refractivity contribution in [2.24, 2.45) is 5.73 Å². The Hall–Kier alpha value is -1.30. The molecule has 1 atom stereocenters. The van der Waals surface area contributed by atoms with Crippen LogP contribution in [-0.2, 0) is 9.53 Å². The molecule has 0 aromatic rings. The summed E-state index contributed by atoms with van der Waals surface area (Å²) in [7, 11) is 1.70. The highest BCUT2D eigenvalue weighted by atomic mass is 16.6. The summed E-state index contributed by atoms with van der Waals surface area (Å²) in [5.74, 6) is -0.0906. The lowest BCUT2D eigenvalue weighted by Gasteiger charge is -2.18. The third-order valence-electron chi connectivity index (χ3n) is 2.44. The van der Waals surface area contributed by atoms with Crippen molar-refractivity contribution in [1.82, 2.24) is 9.80 Å². The fourth-order valence-electron chi connectivity index (χ4n) is 1.29. The van der Waals surface area contributed by atoms with E-state index in [0.29, 0.717) is 19.6 Å². The number of nitrogens with zero attached hydrogens (tertiary/aromatic N) is 2. The first kappa shape index (κ1) is 11.8. The molecule has 0 bridgehead atoms. The van der Waals surface area contributed by atoms with E-state index in [1.807, 2.05) is 6.92 Å². The lowest BCUT2D eigenvalue weighted by atomic mass is 10.3. The van der Waals surface area contributed by atoms with Gasteiger partial charge in [-0.05, 0) is 6.92 Å². The van der Waals surface area contributed by atoms with Gasteiger partial charge in [0.2, 0.25) is 5.91 Å². The Bertz CT molecular complexity index is 257. The molecule has 0 aromatic heterocycles. The van der Waals surface area contributed by atoms with E-state index in [2.05, 4.69) is 0 Å². The van der Waals surface area contributed by atoms with Crippen molar-refractivity contribution in [3.8, 4) is 0 Å². The molecule has 1 unspecified atom stereocenters. The number of carbonyl (C=O) groups excluding carboxylic acids is 2. The molecule has 1 fully saturated rings. The van der Waals surface area contributed by atoms with Gasteiger partial charge in [0.05, 0.1) is 6.54 Å². The maximum Gasteiger partial charge on any atom is 0.410 e. The average Bonchev–Trinajstić information content (AvgIpc) is 2.58. The summed E-state index contributed by atoms with van der Waals surface area (Å²) in [4.78, 5) is 25.7. The summed E-state index contributed by atoms with van der Waals surface area (Å²) in [5, 5.41) is 0. The Kier molecular flexibility index (Phi) is 3.90. The van der Waals surface area contributed by atoms with Crippen molar-refractivity contribution >= 4 is 12.0 Å². The first-order valence-electron chi connectivity index (χ1n) is 4.98. The molecule has 1 aliphatic heterocycles. The van der Waals surface area contributed by atoms with Gasteiger partial charge in [-0.25, -0.2) is 4.79 Å². The van der Waals surface area contributed by atoms with E-state index in [-0.39, 0.29) is 18.6 Å². The van der Waals surface area contributed by atoms with Crippen molar-refractivity contribution < 1.29 is 14.3 Å². The first-order chi connectivity index (χ1) is 7.08. The van der Waals surface area contributed by atoms with Crippen LogP contribution in [0.5, 0.6) is 0 Å². The molecule has 6 heteroatoms. The molecule has 0 aromatic carbocycles. The summed E-state index contributed by atoms with van der Waals surface area (Å²) in [6, 6.07) is 0. The molecule has 2 amide bonds. The van der Waals surface area contributed by atoms with Crippen LogP contribution < -0.4 is 5.73 Å². The Balaban J connectivity index is 2.46. The topological polar surface area (TPSA) is 75.9 Å². The molecule has 1 rings (SSSR count). The molecule has 1 aliphatic rings. The molecular formula is C9H17N3O3. The summed E-state index contributed by atoms with van der Waals surface area (Å²) in [6.45, 7) is 3.27. The fourth-order valence-corrected chi connectivity index (χ4v) is 1.29. The molecule has 0 spiro atoms. The van der Waals surface area contributed by atoms with Gasteiger partial charge in [0.15, 0.2) is 0 Å². The smallest absolute Gasteiger partial charge is 0.410 e. The van der Waals surface area contributed by atoms with E-state index < -0.39 is 6.09 Å². The number of hydrogen-bond donors (Lipinski definition) is 1. The molecule has 2 N–H and O–H groups in total. The van der Waals surface area contributed by atoms with Crippen LogP contribution in [0.4, 0.5) is 4.79 Å². The van der Waals surface area contributed by atoms with Crippen LogP contribution in [-0.4, -0.2) is 61.1 Å². The minimum atomic E-state index is -0.455. The lowest BCUT2D eigenvalue weighted by molar-refractivity contribution is -0.130. The zero-order valence-corrected chi connectivity index (χ0v) is 9.10. The predicted molar refractivity (Wildman–Crippen MR) is 54.2 cm³/mol. The second kappa shape index (κ2) is 4.97. The molecule has 15 heavy (non-hydrogen) atoms. The number of amides is 2. The predicted octanol–water partition coefficient (Wildman–Crippen LogP) is -0.756. The lowest BCUT2D eigenvalue weighted by Crippen LogP contribution is -2.39. The van der Waals surface area contributed by atoms with Gasteiger partial charge < -0.3 is 15.4 Å². The maximum atomic E-state index is 11.5. The molecule has 1 heterocycles. The number of rotatable bonds is 4. The Morgan fingerprint density at radius 3 is 2.87 bits per heavy atom. The van der Waals surface area contributed by atoms with Gasteiger partial charge in [0.25, 0.3) is 0 Å². The highest BCUT2D eigenvalue weighted by Crippen LogP contribution is 2.09. The van der Waals surface area contributed by atoms with Crippen LogP contribution in [0.2, 0.25) is 0 Å². The standard InChI is InChI=1S/C9H17N3O3/c1-3-11(2)8(13)6-12-5-7(4-10)15-9(12)14/h7H,3-6,10H2,1-2H3. The average molecular weight is 215 g/mol. The van der Waals surface area contributed by atoms with Gasteiger partial charge in [-0.1, -0.05) is 0 Å². The maximum absolute atomic E-state index is 11.5. The van der Waals surface area contributed by atoms with E-state index in [9.17, 15) is 9.59 Å². The fraction of sp³-hybridized carbons (Fsp3) is 0.778. The van der Waals surface area contributed by atoms with Gasteiger partial charge in [-0.15, -0.1) is 0 Å². The molecule has 86 valence electrons. The van der Waals surface area contributed by atoms with E-state index >= 15 is 0 Å². The third kappa shape index (κ3) is 2.82. The normalized spacial score (nSPS) is 20.3. The summed E-state index contributed by atoms with van der Waals surface area (Å²) in [6.07, 6.45) is -0.736. The van der Waals surface area contributed by atoms with Crippen LogP contribution >= 0.6 is 0 Å². The zero-order valence-electron chi connectivity index (χ0n) is 9.10. The Morgan fingerprint density at radius 2 is 2.40 bits per heavy atom. The van der Waals surface area contributed by atoms with Crippen LogP contribution in [0.1, 0.15) is 6.92 Å². The van der Waals surface area contributed by atoms with Gasteiger partial charge in [-0.3, -0.25) is 9.69 Å². The number of hydrogen-bond acceptors (Lipinski definition) is 4. The second-order valence-corrected chi connectivity index (χ2v) is 3.53. The SMILES string of the molecule is CCN(C)C(=O)CN1CC(CN)OC1=O. The number of nitrogens with two attached hydrogens (primary N) is 1. The molecule has 1 saturated heterocycles. The number of cyclic esters (lactones) is 1. The van der Waals surface area contributed by atoms with Crippen molar-refractivity contribution in [3.05, 3.63) is 0 Å². The van der Waals surface area contributed by atoms with E-state index in [0.717, 1.165) is 0 Å². The summed E-state index contributed by atoms with van der Waals surface area (Å²) < 4.78 is 4.93.